The zero-order valence-electron chi connectivity index (χ0n) is 9.93. The summed E-state index contributed by atoms with van der Waals surface area (Å²) < 4.78 is 0. The van der Waals surface area contributed by atoms with Crippen molar-refractivity contribution in [2.75, 3.05) is 25.1 Å². The molecule has 3 heteroatoms. The number of hydrogen-bond acceptors (Lipinski definition) is 3. The minimum atomic E-state index is -0.376. The van der Waals surface area contributed by atoms with Gasteiger partial charge in [-0.3, -0.25) is 0 Å². The molecule has 0 aliphatic heterocycles. The molecule has 0 aromatic rings. The van der Waals surface area contributed by atoms with Gasteiger partial charge in [0.1, 0.15) is 0 Å². The van der Waals surface area contributed by atoms with Crippen LogP contribution >= 0.6 is 11.8 Å². The maximum Gasteiger partial charge on any atom is 0.0771 e. The van der Waals surface area contributed by atoms with Gasteiger partial charge in [0.2, 0.25) is 0 Å². The Morgan fingerprint density at radius 2 is 1.93 bits per heavy atom. The van der Waals surface area contributed by atoms with Gasteiger partial charge in [0.05, 0.1) is 5.60 Å². The summed E-state index contributed by atoms with van der Waals surface area (Å²) in [6.45, 7) is 1.87. The number of unbranched alkanes of at least 4 members (excludes halogenated alkanes) is 2. The number of aliphatic hydroxyl groups is 1. The van der Waals surface area contributed by atoms with E-state index in [1.807, 2.05) is 11.8 Å². The van der Waals surface area contributed by atoms with Crippen LogP contribution in [0.5, 0.6) is 0 Å². The van der Waals surface area contributed by atoms with Crippen LogP contribution in [-0.2, 0) is 0 Å². The Morgan fingerprint density at radius 1 is 1.20 bits per heavy atom. The Balaban J connectivity index is 1.88. The summed E-state index contributed by atoms with van der Waals surface area (Å²) >= 11 is 1.92. The van der Waals surface area contributed by atoms with Gasteiger partial charge in [0.25, 0.3) is 0 Å². The molecule has 1 aliphatic rings. The summed E-state index contributed by atoms with van der Waals surface area (Å²) in [6, 6.07) is 0. The molecule has 0 heterocycles. The first-order chi connectivity index (χ1) is 7.27. The van der Waals surface area contributed by atoms with E-state index >= 15 is 0 Å². The minimum Gasteiger partial charge on any atom is -0.389 e. The summed E-state index contributed by atoms with van der Waals surface area (Å²) in [5.41, 5.74) is -0.376. The second-order valence-electron chi connectivity index (χ2n) is 4.66. The smallest absolute Gasteiger partial charge is 0.0771 e. The summed E-state index contributed by atoms with van der Waals surface area (Å²) in [5, 5.41) is 13.5. The van der Waals surface area contributed by atoms with Gasteiger partial charge < -0.3 is 10.4 Å². The van der Waals surface area contributed by atoms with Crippen LogP contribution in [0.1, 0.15) is 44.9 Å². The number of thioether (sulfide) groups is 1. The minimum absolute atomic E-state index is 0.376. The molecule has 0 atom stereocenters. The highest BCUT2D eigenvalue weighted by Gasteiger charge is 2.30. The van der Waals surface area contributed by atoms with E-state index in [0.29, 0.717) is 0 Å². The Hall–Kier alpha value is 0.270. The largest absolute Gasteiger partial charge is 0.389 e. The normalized spacial score (nSPS) is 19.6. The van der Waals surface area contributed by atoms with Crippen molar-refractivity contribution in [3.8, 4) is 0 Å². The lowest BCUT2D eigenvalue weighted by Crippen LogP contribution is -2.38. The topological polar surface area (TPSA) is 32.3 Å². The van der Waals surface area contributed by atoms with Crippen molar-refractivity contribution in [1.82, 2.24) is 5.32 Å². The van der Waals surface area contributed by atoms with Crippen LogP contribution in [0.4, 0.5) is 0 Å². The molecule has 0 aromatic heterocycles. The zero-order chi connectivity index (χ0) is 11.0. The molecule has 0 amide bonds. The maximum atomic E-state index is 10.1. The summed E-state index contributed by atoms with van der Waals surface area (Å²) in [4.78, 5) is 0. The third-order valence-electron chi connectivity index (χ3n) is 3.19. The monoisotopic (exact) mass is 231 g/mol. The predicted octanol–water partition coefficient (Wildman–Crippen LogP) is 2.41. The molecule has 0 unspecified atom stereocenters. The molecule has 2 nitrogen and oxygen atoms in total. The fourth-order valence-electron chi connectivity index (χ4n) is 2.20. The molecule has 0 bridgehead atoms. The van der Waals surface area contributed by atoms with Crippen LogP contribution in [0.2, 0.25) is 0 Å². The molecule has 0 spiro atoms. The number of hydrogen-bond donors (Lipinski definition) is 2. The highest BCUT2D eigenvalue weighted by Crippen LogP contribution is 2.28. The molecule has 0 radical (unpaired) electrons. The average Bonchev–Trinajstić information content (AvgIpc) is 2.64. The van der Waals surface area contributed by atoms with Crippen molar-refractivity contribution in [3.05, 3.63) is 0 Å². The molecular formula is C12H25NOS. The standard InChI is InChI=1S/C12H25NOS/c1-15-10-6-2-5-9-13-11-12(14)7-3-4-8-12/h13-14H,2-11H2,1H3. The second-order valence-corrected chi connectivity index (χ2v) is 5.65. The molecule has 1 rings (SSSR count). The lowest BCUT2D eigenvalue weighted by atomic mass is 10.0. The zero-order valence-corrected chi connectivity index (χ0v) is 10.7. The first-order valence-corrected chi connectivity index (χ1v) is 7.58. The van der Waals surface area contributed by atoms with Gasteiger partial charge in [0.15, 0.2) is 0 Å². The average molecular weight is 231 g/mol. The van der Waals surface area contributed by atoms with Gasteiger partial charge in [-0.25, -0.2) is 0 Å². The van der Waals surface area contributed by atoms with Gasteiger partial charge in [0, 0.05) is 6.54 Å². The van der Waals surface area contributed by atoms with Gasteiger partial charge in [-0.05, 0) is 44.2 Å². The van der Waals surface area contributed by atoms with Gasteiger partial charge >= 0.3 is 0 Å². The Labute approximate surface area is 98.2 Å². The second kappa shape index (κ2) is 7.53. The highest BCUT2D eigenvalue weighted by atomic mass is 32.2. The molecule has 1 saturated carbocycles. The van der Waals surface area contributed by atoms with Crippen LogP contribution in [0.25, 0.3) is 0 Å². The maximum absolute atomic E-state index is 10.1. The van der Waals surface area contributed by atoms with Crippen molar-refractivity contribution < 1.29 is 5.11 Å². The van der Waals surface area contributed by atoms with E-state index in [9.17, 15) is 5.11 Å². The molecule has 2 N–H and O–H groups in total. The number of rotatable bonds is 8. The Kier molecular flexibility index (Phi) is 6.69. The van der Waals surface area contributed by atoms with Crippen molar-refractivity contribution in [3.63, 3.8) is 0 Å². The van der Waals surface area contributed by atoms with Crippen LogP contribution in [0, 0.1) is 0 Å². The molecule has 15 heavy (non-hydrogen) atoms. The molecule has 0 saturated heterocycles. The van der Waals surface area contributed by atoms with Crippen LogP contribution in [-0.4, -0.2) is 35.8 Å². The first kappa shape index (κ1) is 13.3. The van der Waals surface area contributed by atoms with E-state index in [1.165, 1.54) is 37.9 Å². The lowest BCUT2D eigenvalue weighted by Gasteiger charge is -2.22. The van der Waals surface area contributed by atoms with Crippen molar-refractivity contribution >= 4 is 11.8 Å². The lowest BCUT2D eigenvalue weighted by molar-refractivity contribution is 0.0479. The van der Waals surface area contributed by atoms with Crippen LogP contribution < -0.4 is 5.32 Å². The van der Waals surface area contributed by atoms with E-state index in [-0.39, 0.29) is 5.60 Å². The quantitative estimate of drug-likeness (QED) is 0.629. The van der Waals surface area contributed by atoms with Gasteiger partial charge in [-0.15, -0.1) is 0 Å². The van der Waals surface area contributed by atoms with Crippen LogP contribution in [0.15, 0.2) is 0 Å². The van der Waals surface area contributed by atoms with Crippen LogP contribution in [0.3, 0.4) is 0 Å². The summed E-state index contributed by atoms with van der Waals surface area (Å²) in [7, 11) is 0. The highest BCUT2D eigenvalue weighted by molar-refractivity contribution is 7.98. The fraction of sp³-hybridized carbons (Fsp3) is 1.00. The van der Waals surface area contributed by atoms with Crippen molar-refractivity contribution in [1.29, 1.82) is 0 Å². The van der Waals surface area contributed by atoms with Gasteiger partial charge in [-0.1, -0.05) is 19.3 Å². The van der Waals surface area contributed by atoms with E-state index in [4.69, 9.17) is 0 Å². The third-order valence-corrected chi connectivity index (χ3v) is 3.89. The van der Waals surface area contributed by atoms with E-state index in [0.717, 1.165) is 25.9 Å². The van der Waals surface area contributed by atoms with E-state index < -0.39 is 0 Å². The van der Waals surface area contributed by atoms with Crippen molar-refractivity contribution in [2.45, 2.75) is 50.5 Å². The summed E-state index contributed by atoms with van der Waals surface area (Å²) in [5.74, 6) is 1.28. The molecule has 90 valence electrons. The van der Waals surface area contributed by atoms with E-state index in [2.05, 4.69) is 11.6 Å². The summed E-state index contributed by atoms with van der Waals surface area (Å²) in [6.07, 6.45) is 10.4. The Bertz CT molecular complexity index is 158. The number of nitrogens with one attached hydrogen (secondary N) is 1. The van der Waals surface area contributed by atoms with Crippen molar-refractivity contribution in [2.24, 2.45) is 0 Å². The van der Waals surface area contributed by atoms with E-state index in [1.54, 1.807) is 0 Å². The third kappa shape index (κ3) is 5.79. The first-order valence-electron chi connectivity index (χ1n) is 6.19. The SMILES string of the molecule is CSCCCCCNCC1(O)CCCC1. The fourth-order valence-corrected chi connectivity index (χ4v) is 2.70. The molecular weight excluding hydrogens is 206 g/mol. The van der Waals surface area contributed by atoms with Gasteiger partial charge in [-0.2, -0.15) is 11.8 Å². The molecule has 1 fully saturated rings. The Morgan fingerprint density at radius 3 is 2.60 bits per heavy atom. The molecule has 0 aromatic carbocycles. The predicted molar refractivity (Wildman–Crippen MR) is 68.5 cm³/mol. The molecule has 1 aliphatic carbocycles.